The number of rotatable bonds is 4. The molecule has 0 aromatic carbocycles. The van der Waals surface area contributed by atoms with Crippen molar-refractivity contribution in [2.75, 3.05) is 12.3 Å². The first-order valence-corrected chi connectivity index (χ1v) is 9.14. The Balaban J connectivity index is 1.79. The molecule has 1 fully saturated rings. The van der Waals surface area contributed by atoms with Gasteiger partial charge in [-0.3, -0.25) is 19.7 Å². The number of nitrogen functional groups attached to an aromatic ring is 1. The van der Waals surface area contributed by atoms with Gasteiger partial charge < -0.3 is 20.0 Å². The van der Waals surface area contributed by atoms with Gasteiger partial charge in [0.05, 0.1) is 19.1 Å². The number of anilines is 1. The molecular weight excluding hydrogens is 331 g/mol. The molecule has 10 nitrogen and oxygen atoms in total. The van der Waals surface area contributed by atoms with E-state index in [1.807, 2.05) is 0 Å². The highest BCUT2D eigenvalue weighted by atomic mass is 32.5. The smallest absolute Gasteiger partial charge is 0.321 e. The first-order valence-electron chi connectivity index (χ1n) is 6.52. The molecule has 1 aliphatic heterocycles. The van der Waals surface area contributed by atoms with Crippen LogP contribution < -0.4 is 16.6 Å². The number of aromatic nitrogens is 4. The number of imidazole rings is 1. The van der Waals surface area contributed by atoms with Crippen LogP contribution in [0.1, 0.15) is 19.0 Å². The van der Waals surface area contributed by atoms with Crippen LogP contribution in [-0.4, -0.2) is 42.0 Å². The standard InChI is InChI=1S/C10H15N6O4PS/c11-10-14-8-7(9(17)15-10)12-4-16(8)6-2-1-5(13-6)3-20-21(18,19)22/h4-6,13H,1-3H2,(H2,18,19,22)(H3,11,14,15,17)/t5-,6-/m0/s1. The number of nitrogens with one attached hydrogen (secondary N) is 2. The van der Waals surface area contributed by atoms with Crippen molar-refractivity contribution in [3.05, 3.63) is 16.7 Å². The summed E-state index contributed by atoms with van der Waals surface area (Å²) in [6.45, 7) is -3.55. The molecule has 120 valence electrons. The number of hydrogen-bond donors (Lipinski definition) is 5. The summed E-state index contributed by atoms with van der Waals surface area (Å²) >= 11 is 4.42. The Kier molecular flexibility index (Phi) is 4.02. The average Bonchev–Trinajstić information content (AvgIpc) is 3.01. The second-order valence-electron chi connectivity index (χ2n) is 5.02. The molecule has 1 saturated heterocycles. The molecule has 12 heteroatoms. The van der Waals surface area contributed by atoms with E-state index in [0.717, 1.165) is 12.8 Å². The van der Waals surface area contributed by atoms with E-state index in [1.54, 1.807) is 4.57 Å². The summed E-state index contributed by atoms with van der Waals surface area (Å²) in [5.74, 6) is 0.0263. The van der Waals surface area contributed by atoms with Gasteiger partial charge in [0.25, 0.3) is 5.56 Å². The van der Waals surface area contributed by atoms with E-state index in [2.05, 4.69) is 32.1 Å². The molecule has 0 bridgehead atoms. The summed E-state index contributed by atoms with van der Waals surface area (Å²) in [7, 11) is 0. The quantitative estimate of drug-likeness (QED) is 0.447. The molecule has 3 rings (SSSR count). The van der Waals surface area contributed by atoms with Crippen LogP contribution in [0.5, 0.6) is 0 Å². The van der Waals surface area contributed by atoms with E-state index in [1.165, 1.54) is 6.33 Å². The van der Waals surface area contributed by atoms with Crippen molar-refractivity contribution in [3.8, 4) is 0 Å². The van der Waals surface area contributed by atoms with Crippen LogP contribution in [0.25, 0.3) is 11.2 Å². The Morgan fingerprint density at radius 1 is 1.55 bits per heavy atom. The SMILES string of the molecule is Nc1nc2c(ncn2[C@H]2CC[C@@H](COP(O)(O)=S)N2)c(=O)[nH]1. The third-order valence-electron chi connectivity index (χ3n) is 3.45. The topological polar surface area (TPSA) is 151 Å². The van der Waals surface area contributed by atoms with E-state index in [-0.39, 0.29) is 35.8 Å². The van der Waals surface area contributed by atoms with Crippen molar-refractivity contribution < 1.29 is 14.3 Å². The van der Waals surface area contributed by atoms with Crippen LogP contribution in [0.2, 0.25) is 0 Å². The molecule has 2 aromatic heterocycles. The van der Waals surface area contributed by atoms with Crippen molar-refractivity contribution >= 4 is 35.6 Å². The average molecular weight is 346 g/mol. The van der Waals surface area contributed by atoms with Crippen molar-refractivity contribution in [1.82, 2.24) is 24.8 Å². The molecule has 2 atom stereocenters. The molecule has 0 spiro atoms. The van der Waals surface area contributed by atoms with Crippen LogP contribution in [0, 0.1) is 0 Å². The van der Waals surface area contributed by atoms with Gasteiger partial charge in [-0.1, -0.05) is 0 Å². The Hall–Kier alpha value is -1.36. The van der Waals surface area contributed by atoms with Crippen molar-refractivity contribution in [2.24, 2.45) is 0 Å². The maximum atomic E-state index is 11.7. The number of hydrogen-bond acceptors (Lipinski definition) is 7. The first kappa shape index (κ1) is 15.5. The fourth-order valence-electron chi connectivity index (χ4n) is 2.51. The minimum atomic E-state index is -3.65. The highest BCUT2D eigenvalue weighted by Gasteiger charge is 2.28. The lowest BCUT2D eigenvalue weighted by Crippen LogP contribution is -2.31. The zero-order valence-electron chi connectivity index (χ0n) is 11.3. The molecule has 2 aromatic rings. The van der Waals surface area contributed by atoms with Crippen LogP contribution in [0.4, 0.5) is 5.95 Å². The molecule has 0 amide bonds. The predicted octanol–water partition coefficient (Wildman–Crippen LogP) is -0.822. The van der Waals surface area contributed by atoms with E-state index in [9.17, 15) is 4.79 Å². The van der Waals surface area contributed by atoms with E-state index in [0.29, 0.717) is 5.65 Å². The molecule has 3 heterocycles. The van der Waals surface area contributed by atoms with Crippen molar-refractivity contribution in [3.63, 3.8) is 0 Å². The number of fused-ring (bicyclic) bond motifs is 1. The number of nitrogens with two attached hydrogens (primary N) is 1. The molecule has 22 heavy (non-hydrogen) atoms. The van der Waals surface area contributed by atoms with Gasteiger partial charge in [-0.05, 0) is 24.6 Å². The van der Waals surface area contributed by atoms with Gasteiger partial charge in [-0.25, -0.2) is 4.98 Å². The molecule has 0 saturated carbocycles. The zero-order valence-corrected chi connectivity index (χ0v) is 13.0. The molecule has 0 aliphatic carbocycles. The van der Waals surface area contributed by atoms with Crippen molar-refractivity contribution in [2.45, 2.75) is 25.0 Å². The summed E-state index contributed by atoms with van der Waals surface area (Å²) in [6.07, 6.45) is 2.88. The number of H-pyrrole nitrogens is 1. The van der Waals surface area contributed by atoms with Gasteiger partial charge in [0.15, 0.2) is 11.2 Å². The number of nitrogens with zero attached hydrogens (tertiary/aromatic N) is 3. The lowest BCUT2D eigenvalue weighted by molar-refractivity contribution is 0.223. The van der Waals surface area contributed by atoms with E-state index >= 15 is 0 Å². The van der Waals surface area contributed by atoms with Crippen molar-refractivity contribution in [1.29, 1.82) is 0 Å². The summed E-state index contributed by atoms with van der Waals surface area (Å²) in [5, 5.41) is 3.25. The van der Waals surface area contributed by atoms with E-state index in [4.69, 9.17) is 20.0 Å². The third-order valence-corrected chi connectivity index (χ3v) is 4.25. The highest BCUT2D eigenvalue weighted by Crippen LogP contribution is 2.37. The van der Waals surface area contributed by atoms with Gasteiger partial charge in [-0.15, -0.1) is 0 Å². The van der Waals surface area contributed by atoms with Gasteiger partial charge >= 0.3 is 6.72 Å². The summed E-state index contributed by atoms with van der Waals surface area (Å²) < 4.78 is 6.59. The minimum absolute atomic E-state index is 0.0263. The predicted molar refractivity (Wildman–Crippen MR) is 82.4 cm³/mol. The minimum Gasteiger partial charge on any atom is -0.369 e. The number of aromatic amines is 1. The van der Waals surface area contributed by atoms with Crippen LogP contribution in [0.3, 0.4) is 0 Å². The van der Waals surface area contributed by atoms with Gasteiger partial charge in [-0.2, -0.15) is 4.98 Å². The molecule has 6 N–H and O–H groups in total. The van der Waals surface area contributed by atoms with E-state index < -0.39 is 6.72 Å². The Bertz CT molecular complexity index is 800. The molecule has 1 aliphatic rings. The lowest BCUT2D eigenvalue weighted by atomic mass is 10.2. The third kappa shape index (κ3) is 3.19. The fourth-order valence-corrected chi connectivity index (χ4v) is 3.06. The van der Waals surface area contributed by atoms with Gasteiger partial charge in [0.2, 0.25) is 5.95 Å². The van der Waals surface area contributed by atoms with Crippen LogP contribution >= 0.6 is 6.72 Å². The first-order chi connectivity index (χ1) is 10.3. The lowest BCUT2D eigenvalue weighted by Gasteiger charge is -2.17. The summed E-state index contributed by atoms with van der Waals surface area (Å²) in [5.41, 5.74) is 5.79. The normalized spacial score (nSPS) is 22.5. The maximum absolute atomic E-state index is 11.7. The second kappa shape index (κ2) is 5.69. The second-order valence-corrected chi connectivity index (χ2v) is 7.68. The van der Waals surface area contributed by atoms with Gasteiger partial charge in [0, 0.05) is 6.04 Å². The van der Waals surface area contributed by atoms with Crippen LogP contribution in [0.15, 0.2) is 11.1 Å². The zero-order chi connectivity index (χ0) is 15.9. The Morgan fingerprint density at radius 2 is 2.32 bits per heavy atom. The molecule has 0 radical (unpaired) electrons. The highest BCUT2D eigenvalue weighted by molar-refractivity contribution is 8.06. The molecule has 0 unspecified atom stereocenters. The summed E-state index contributed by atoms with van der Waals surface area (Å²) in [6, 6.07) is -0.0802. The monoisotopic (exact) mass is 346 g/mol. The fraction of sp³-hybridized carbons (Fsp3) is 0.500. The Morgan fingerprint density at radius 3 is 3.05 bits per heavy atom. The Labute approximate surface area is 129 Å². The van der Waals surface area contributed by atoms with Gasteiger partial charge in [0.1, 0.15) is 0 Å². The summed E-state index contributed by atoms with van der Waals surface area (Å²) in [4.78, 5) is 40.5. The van der Waals surface area contributed by atoms with Crippen LogP contribution in [-0.2, 0) is 16.3 Å². The maximum Gasteiger partial charge on any atom is 0.321 e. The molecular formula is C10H15N6O4PS. The largest absolute Gasteiger partial charge is 0.369 e.